The predicted molar refractivity (Wildman–Crippen MR) is 133 cm³/mol. The lowest BCUT2D eigenvalue weighted by Crippen LogP contribution is -2.34. The summed E-state index contributed by atoms with van der Waals surface area (Å²) < 4.78 is 43.8. The van der Waals surface area contributed by atoms with Crippen molar-refractivity contribution < 1.29 is 13.2 Å². The van der Waals surface area contributed by atoms with Crippen LogP contribution < -0.4 is 10.5 Å². The molecule has 0 fully saturated rings. The summed E-state index contributed by atoms with van der Waals surface area (Å²) in [7, 11) is 1.83. The highest BCUT2D eigenvalue weighted by Crippen LogP contribution is 2.35. The molecule has 0 spiro atoms. The molecule has 5 nitrogen and oxygen atoms in total. The van der Waals surface area contributed by atoms with Crippen LogP contribution in [0.15, 0.2) is 108 Å². The second-order valence-corrected chi connectivity index (χ2v) is 8.30. The second-order valence-electron chi connectivity index (χ2n) is 8.30. The van der Waals surface area contributed by atoms with Crippen LogP contribution in [-0.4, -0.2) is 21.6 Å². The number of para-hydroxylation sites is 1. The molecule has 0 saturated carbocycles. The van der Waals surface area contributed by atoms with E-state index in [9.17, 15) is 18.0 Å². The Morgan fingerprint density at radius 1 is 0.806 bits per heavy atom. The topological polar surface area (TPSA) is 51.0 Å². The van der Waals surface area contributed by atoms with E-state index in [0.717, 1.165) is 10.3 Å². The second kappa shape index (κ2) is 9.30. The van der Waals surface area contributed by atoms with Crippen LogP contribution in [-0.2, 0) is 6.18 Å². The molecule has 36 heavy (non-hydrogen) atoms. The van der Waals surface area contributed by atoms with Crippen molar-refractivity contribution in [3.05, 3.63) is 131 Å². The van der Waals surface area contributed by atoms with Crippen molar-refractivity contribution in [1.82, 2.24) is 14.5 Å². The Hall–Kier alpha value is -4.46. The van der Waals surface area contributed by atoms with Gasteiger partial charge in [-0.05, 0) is 53.6 Å². The lowest BCUT2D eigenvalue weighted by atomic mass is 9.98. The van der Waals surface area contributed by atoms with Gasteiger partial charge in [-0.2, -0.15) is 13.2 Å². The van der Waals surface area contributed by atoms with Gasteiger partial charge in [0.25, 0.3) is 5.56 Å². The summed E-state index contributed by atoms with van der Waals surface area (Å²) in [5, 5.41) is 0.0956. The zero-order chi connectivity index (χ0) is 25.3. The van der Waals surface area contributed by atoms with E-state index in [1.54, 1.807) is 54.6 Å². The van der Waals surface area contributed by atoms with Gasteiger partial charge in [0.15, 0.2) is 0 Å². The normalized spacial score (nSPS) is 12.4. The number of nitrogens with zero attached hydrogens (tertiary/aromatic N) is 4. The number of fused-ring (bicyclic) bond motifs is 1. The fraction of sp³-hybridized carbons (Fsp3) is 0.107. The van der Waals surface area contributed by atoms with E-state index < -0.39 is 23.6 Å². The van der Waals surface area contributed by atoms with Gasteiger partial charge in [-0.15, -0.1) is 0 Å². The molecule has 180 valence electrons. The van der Waals surface area contributed by atoms with E-state index >= 15 is 0 Å². The van der Waals surface area contributed by atoms with Crippen LogP contribution in [0, 0.1) is 0 Å². The first-order valence-corrected chi connectivity index (χ1v) is 11.2. The maximum atomic E-state index is 14.3. The molecular weight excluding hydrogens is 465 g/mol. The zero-order valence-corrected chi connectivity index (χ0v) is 19.2. The maximum absolute atomic E-state index is 14.3. The molecule has 0 amide bonds. The van der Waals surface area contributed by atoms with E-state index in [-0.39, 0.29) is 10.9 Å². The fourth-order valence-electron chi connectivity index (χ4n) is 4.31. The average molecular weight is 486 g/mol. The molecule has 0 aliphatic rings. The van der Waals surface area contributed by atoms with Crippen LogP contribution in [0.25, 0.3) is 10.9 Å². The Balaban J connectivity index is 1.79. The highest BCUT2D eigenvalue weighted by Gasteiger charge is 2.39. The van der Waals surface area contributed by atoms with Crippen LogP contribution in [0.3, 0.4) is 0 Å². The Morgan fingerprint density at radius 2 is 1.42 bits per heavy atom. The number of pyridine rings is 1. The van der Waals surface area contributed by atoms with Crippen molar-refractivity contribution in [1.29, 1.82) is 0 Å². The molecule has 0 radical (unpaired) electrons. The van der Waals surface area contributed by atoms with Crippen LogP contribution >= 0.6 is 0 Å². The monoisotopic (exact) mass is 486 g/mol. The van der Waals surface area contributed by atoms with E-state index in [1.807, 2.05) is 42.3 Å². The fourth-order valence-corrected chi connectivity index (χ4v) is 4.31. The summed E-state index contributed by atoms with van der Waals surface area (Å²) in [6.45, 7) is 0. The van der Waals surface area contributed by atoms with Crippen LogP contribution in [0.2, 0.25) is 0 Å². The van der Waals surface area contributed by atoms with E-state index in [2.05, 4.69) is 9.97 Å². The number of hydrogen-bond acceptors (Lipinski definition) is 4. The van der Waals surface area contributed by atoms with Crippen molar-refractivity contribution in [3.8, 4) is 0 Å². The van der Waals surface area contributed by atoms with Gasteiger partial charge in [0.1, 0.15) is 0 Å². The van der Waals surface area contributed by atoms with Crippen molar-refractivity contribution in [2.75, 3.05) is 11.9 Å². The molecule has 8 heteroatoms. The SMILES string of the molecule is CN(c1ccccc1)c1ccc2nc(C(F)(F)F)n(C(c3ccccc3)c3ccncc3)c(=O)c2c1. The van der Waals surface area contributed by atoms with Crippen LogP contribution in [0.5, 0.6) is 0 Å². The standard InChI is InChI=1S/C28H21F3N4O/c1-34(21-10-6-3-7-11-21)22-12-13-24-23(18-22)26(36)35(27(33-24)28(29,30)31)25(19-8-4-2-5-9-19)20-14-16-32-17-15-20/h2-18,25H,1H3. The Kier molecular flexibility index (Phi) is 6.01. The summed E-state index contributed by atoms with van der Waals surface area (Å²) in [6, 6.07) is 24.9. The minimum atomic E-state index is -4.85. The molecule has 3 aromatic carbocycles. The lowest BCUT2D eigenvalue weighted by Gasteiger charge is -2.25. The van der Waals surface area contributed by atoms with Crippen LogP contribution in [0.4, 0.5) is 24.5 Å². The number of rotatable bonds is 5. The maximum Gasteiger partial charge on any atom is 0.449 e. The Morgan fingerprint density at radius 3 is 2.06 bits per heavy atom. The summed E-state index contributed by atoms with van der Waals surface area (Å²) in [5.41, 5.74) is 1.74. The van der Waals surface area contributed by atoms with Crippen molar-refractivity contribution in [3.63, 3.8) is 0 Å². The Bertz CT molecular complexity index is 1510. The molecule has 1 atom stereocenters. The molecule has 0 bridgehead atoms. The molecule has 0 aliphatic heterocycles. The Labute approximate surface area is 205 Å². The smallest absolute Gasteiger partial charge is 0.345 e. The minimum absolute atomic E-state index is 0.0182. The van der Waals surface area contributed by atoms with E-state index in [4.69, 9.17) is 0 Å². The molecule has 0 N–H and O–H groups in total. The van der Waals surface area contributed by atoms with Gasteiger partial charge < -0.3 is 4.90 Å². The van der Waals surface area contributed by atoms with Gasteiger partial charge in [-0.1, -0.05) is 48.5 Å². The van der Waals surface area contributed by atoms with Crippen molar-refractivity contribution in [2.45, 2.75) is 12.2 Å². The number of halogens is 3. The molecule has 2 heterocycles. The third kappa shape index (κ3) is 4.33. The van der Waals surface area contributed by atoms with E-state index in [0.29, 0.717) is 16.8 Å². The van der Waals surface area contributed by atoms with Gasteiger partial charge in [0.2, 0.25) is 5.82 Å². The largest absolute Gasteiger partial charge is 0.449 e. The molecule has 0 aliphatic carbocycles. The molecule has 5 aromatic rings. The first kappa shape index (κ1) is 23.3. The summed E-state index contributed by atoms with van der Waals surface area (Å²) in [4.78, 5) is 23.7. The third-order valence-electron chi connectivity index (χ3n) is 6.06. The zero-order valence-electron chi connectivity index (χ0n) is 19.2. The third-order valence-corrected chi connectivity index (χ3v) is 6.06. The number of hydrogen-bond donors (Lipinski definition) is 0. The summed E-state index contributed by atoms with van der Waals surface area (Å²) >= 11 is 0. The summed E-state index contributed by atoms with van der Waals surface area (Å²) in [6.07, 6.45) is -1.87. The highest BCUT2D eigenvalue weighted by molar-refractivity contribution is 5.83. The minimum Gasteiger partial charge on any atom is -0.345 e. The number of aromatic nitrogens is 3. The average Bonchev–Trinajstić information content (AvgIpc) is 2.90. The molecule has 1 unspecified atom stereocenters. The van der Waals surface area contributed by atoms with Gasteiger partial charge in [0, 0.05) is 30.8 Å². The number of anilines is 2. The van der Waals surface area contributed by atoms with E-state index in [1.165, 1.54) is 18.5 Å². The molecule has 0 saturated heterocycles. The highest BCUT2D eigenvalue weighted by atomic mass is 19.4. The van der Waals surface area contributed by atoms with Gasteiger partial charge in [0.05, 0.1) is 16.9 Å². The molecule has 5 rings (SSSR count). The predicted octanol–water partition coefficient (Wildman–Crippen LogP) is 6.22. The molecular formula is C28H21F3N4O. The number of benzene rings is 3. The number of alkyl halides is 3. The van der Waals surface area contributed by atoms with Gasteiger partial charge in [-0.3, -0.25) is 14.3 Å². The lowest BCUT2D eigenvalue weighted by molar-refractivity contribution is -0.148. The summed E-state index contributed by atoms with van der Waals surface area (Å²) in [5.74, 6) is -1.25. The first-order valence-electron chi connectivity index (χ1n) is 11.2. The molecule has 2 aromatic heterocycles. The van der Waals surface area contributed by atoms with Gasteiger partial charge in [-0.25, -0.2) is 4.98 Å². The first-order chi connectivity index (χ1) is 17.3. The van der Waals surface area contributed by atoms with Crippen LogP contribution in [0.1, 0.15) is 23.0 Å². The van der Waals surface area contributed by atoms with Gasteiger partial charge >= 0.3 is 6.18 Å². The quantitative estimate of drug-likeness (QED) is 0.296. The van der Waals surface area contributed by atoms with Crippen molar-refractivity contribution in [2.24, 2.45) is 0 Å². The van der Waals surface area contributed by atoms with Crippen molar-refractivity contribution >= 4 is 22.3 Å².